The number of anilines is 1. The smallest absolute Gasteiger partial charge is 0.227 e. The van der Waals surface area contributed by atoms with E-state index in [-0.39, 0.29) is 23.8 Å². The van der Waals surface area contributed by atoms with Gasteiger partial charge in [-0.25, -0.2) is 0 Å². The van der Waals surface area contributed by atoms with Crippen molar-refractivity contribution in [1.29, 1.82) is 0 Å². The molecule has 0 saturated carbocycles. The molecule has 0 bridgehead atoms. The number of ether oxygens (including phenoxy) is 1. The van der Waals surface area contributed by atoms with E-state index < -0.39 is 0 Å². The molecule has 1 aliphatic heterocycles. The molecule has 0 saturated heterocycles. The number of hydrogen-bond donors (Lipinski definition) is 2. The number of amides is 2. The summed E-state index contributed by atoms with van der Waals surface area (Å²) >= 11 is 0. The lowest BCUT2D eigenvalue weighted by Crippen LogP contribution is -2.41. The van der Waals surface area contributed by atoms with Gasteiger partial charge in [0.05, 0.1) is 5.92 Å². The third-order valence-electron chi connectivity index (χ3n) is 5.20. The van der Waals surface area contributed by atoms with E-state index in [0.29, 0.717) is 19.4 Å². The Morgan fingerprint density at radius 2 is 1.97 bits per heavy atom. The first-order valence-electron chi connectivity index (χ1n) is 10.4. The predicted octanol–water partition coefficient (Wildman–Crippen LogP) is 4.11. The Balaban J connectivity index is 1.53. The second-order valence-corrected chi connectivity index (χ2v) is 7.77. The highest BCUT2D eigenvalue weighted by Gasteiger charge is 2.27. The quantitative estimate of drug-likeness (QED) is 0.708. The summed E-state index contributed by atoms with van der Waals surface area (Å²) in [7, 11) is 0. The molecule has 29 heavy (non-hydrogen) atoms. The molecule has 2 aromatic carbocycles. The maximum absolute atomic E-state index is 12.7. The number of hydrogen-bond acceptors (Lipinski definition) is 3. The Morgan fingerprint density at radius 1 is 1.17 bits per heavy atom. The van der Waals surface area contributed by atoms with Crippen molar-refractivity contribution in [2.45, 2.75) is 52.0 Å². The van der Waals surface area contributed by atoms with E-state index >= 15 is 0 Å². The summed E-state index contributed by atoms with van der Waals surface area (Å²) in [4.78, 5) is 24.5. The molecule has 0 fully saturated rings. The van der Waals surface area contributed by atoms with Crippen LogP contribution in [0.3, 0.4) is 0 Å². The van der Waals surface area contributed by atoms with Crippen LogP contribution in [0.5, 0.6) is 5.75 Å². The molecule has 2 N–H and O–H groups in total. The van der Waals surface area contributed by atoms with Gasteiger partial charge in [0.1, 0.15) is 12.4 Å². The fourth-order valence-corrected chi connectivity index (χ4v) is 3.55. The van der Waals surface area contributed by atoms with Crippen molar-refractivity contribution in [3.63, 3.8) is 0 Å². The molecule has 3 rings (SSSR count). The van der Waals surface area contributed by atoms with Gasteiger partial charge in [0.15, 0.2) is 0 Å². The molecule has 0 aromatic heterocycles. The van der Waals surface area contributed by atoms with Crippen LogP contribution in [-0.4, -0.2) is 24.5 Å². The summed E-state index contributed by atoms with van der Waals surface area (Å²) in [5.74, 6) is 0.602. The lowest BCUT2D eigenvalue weighted by molar-refractivity contribution is -0.127. The molecule has 2 amide bonds. The number of nitrogens with one attached hydrogen (secondary N) is 2. The minimum Gasteiger partial charge on any atom is -0.492 e. The fourth-order valence-electron chi connectivity index (χ4n) is 3.55. The number of rotatable bonds is 8. The number of carbonyl (C=O) groups is 2. The summed E-state index contributed by atoms with van der Waals surface area (Å²) in [6.45, 7) is 4.40. The predicted molar refractivity (Wildman–Crippen MR) is 115 cm³/mol. The van der Waals surface area contributed by atoms with Crippen LogP contribution in [0.2, 0.25) is 0 Å². The Morgan fingerprint density at radius 3 is 2.72 bits per heavy atom. The highest BCUT2D eigenvalue weighted by Crippen LogP contribution is 2.30. The minimum absolute atomic E-state index is 0.00529. The van der Waals surface area contributed by atoms with E-state index in [2.05, 4.69) is 22.8 Å². The van der Waals surface area contributed by atoms with Gasteiger partial charge in [0, 0.05) is 18.2 Å². The summed E-state index contributed by atoms with van der Waals surface area (Å²) in [6, 6.07) is 16.0. The number of benzene rings is 2. The number of carbonyl (C=O) groups excluding carboxylic acids is 2. The second-order valence-electron chi connectivity index (χ2n) is 7.77. The van der Waals surface area contributed by atoms with Crippen molar-refractivity contribution in [3.8, 4) is 5.75 Å². The normalized spacial score (nSPS) is 16.3. The van der Waals surface area contributed by atoms with Crippen LogP contribution in [0.25, 0.3) is 0 Å². The monoisotopic (exact) mass is 394 g/mol. The Bertz CT molecular complexity index is 835. The lowest BCUT2D eigenvalue weighted by Gasteiger charge is -2.26. The van der Waals surface area contributed by atoms with Crippen LogP contribution >= 0.6 is 0 Å². The highest BCUT2D eigenvalue weighted by atomic mass is 16.5. The zero-order valence-electron chi connectivity index (χ0n) is 17.2. The SMILES string of the molecule is CCCC(=O)Nc1ccc2c(c1)C[C@H](C(=O)N[C@H](C)CCc1ccccc1)CO2. The molecule has 0 aliphatic carbocycles. The standard InChI is InChI=1S/C24H30N2O3/c1-3-7-23(27)26-21-12-13-22-19(15-21)14-20(16-29-22)24(28)25-17(2)10-11-18-8-5-4-6-9-18/h4-6,8-9,12-13,15,17,20H,3,7,10-11,14,16H2,1-2H3,(H,25,28)(H,26,27)/t17-,20+/m1/s1. The van der Waals surface area contributed by atoms with E-state index in [9.17, 15) is 9.59 Å². The minimum atomic E-state index is -0.219. The van der Waals surface area contributed by atoms with E-state index in [0.717, 1.165) is 36.3 Å². The van der Waals surface area contributed by atoms with E-state index in [1.54, 1.807) is 0 Å². The van der Waals surface area contributed by atoms with E-state index in [4.69, 9.17) is 4.74 Å². The van der Waals surface area contributed by atoms with Crippen molar-refractivity contribution in [2.75, 3.05) is 11.9 Å². The van der Waals surface area contributed by atoms with Gasteiger partial charge < -0.3 is 15.4 Å². The molecule has 0 spiro atoms. The van der Waals surface area contributed by atoms with Crippen LogP contribution < -0.4 is 15.4 Å². The van der Waals surface area contributed by atoms with Gasteiger partial charge in [-0.3, -0.25) is 9.59 Å². The molecule has 154 valence electrons. The summed E-state index contributed by atoms with van der Waals surface area (Å²) in [5.41, 5.74) is 2.99. The lowest BCUT2D eigenvalue weighted by atomic mass is 9.95. The largest absolute Gasteiger partial charge is 0.492 e. The van der Waals surface area contributed by atoms with Crippen LogP contribution in [0.15, 0.2) is 48.5 Å². The molecule has 0 unspecified atom stereocenters. The van der Waals surface area contributed by atoms with Crippen molar-refractivity contribution >= 4 is 17.5 Å². The van der Waals surface area contributed by atoms with Crippen LogP contribution in [0, 0.1) is 5.92 Å². The number of aryl methyl sites for hydroxylation is 1. The van der Waals surface area contributed by atoms with Crippen LogP contribution in [-0.2, 0) is 22.4 Å². The Labute approximate surface area is 172 Å². The van der Waals surface area contributed by atoms with Gasteiger partial charge in [-0.15, -0.1) is 0 Å². The maximum Gasteiger partial charge on any atom is 0.227 e. The molecular weight excluding hydrogens is 364 g/mol. The highest BCUT2D eigenvalue weighted by molar-refractivity contribution is 5.91. The van der Waals surface area contributed by atoms with E-state index in [1.807, 2.05) is 50.2 Å². The van der Waals surface area contributed by atoms with Gasteiger partial charge in [-0.05, 0) is 61.9 Å². The molecular formula is C24H30N2O3. The average Bonchev–Trinajstić information content (AvgIpc) is 2.72. The Hall–Kier alpha value is -2.82. The molecule has 2 atom stereocenters. The summed E-state index contributed by atoms with van der Waals surface area (Å²) < 4.78 is 5.80. The average molecular weight is 395 g/mol. The zero-order chi connectivity index (χ0) is 20.6. The van der Waals surface area contributed by atoms with Crippen molar-refractivity contribution < 1.29 is 14.3 Å². The Kier molecular flexibility index (Phi) is 7.28. The number of fused-ring (bicyclic) bond motifs is 1. The van der Waals surface area contributed by atoms with Gasteiger partial charge >= 0.3 is 0 Å². The molecule has 1 heterocycles. The van der Waals surface area contributed by atoms with Gasteiger partial charge in [-0.1, -0.05) is 37.3 Å². The maximum atomic E-state index is 12.7. The van der Waals surface area contributed by atoms with Crippen LogP contribution in [0.4, 0.5) is 5.69 Å². The first-order valence-corrected chi connectivity index (χ1v) is 10.4. The molecule has 1 aliphatic rings. The third-order valence-corrected chi connectivity index (χ3v) is 5.20. The molecule has 2 aromatic rings. The van der Waals surface area contributed by atoms with Crippen molar-refractivity contribution in [3.05, 3.63) is 59.7 Å². The molecule has 5 heteroatoms. The first-order chi connectivity index (χ1) is 14.0. The van der Waals surface area contributed by atoms with Gasteiger partial charge in [0.2, 0.25) is 11.8 Å². The topological polar surface area (TPSA) is 67.4 Å². The summed E-state index contributed by atoms with van der Waals surface area (Å²) in [6.07, 6.45) is 3.76. The summed E-state index contributed by atoms with van der Waals surface area (Å²) in [5, 5.41) is 6.03. The molecule has 0 radical (unpaired) electrons. The van der Waals surface area contributed by atoms with Crippen molar-refractivity contribution in [2.24, 2.45) is 5.92 Å². The first kappa shape index (κ1) is 20.9. The zero-order valence-corrected chi connectivity index (χ0v) is 17.2. The molecule has 5 nitrogen and oxygen atoms in total. The van der Waals surface area contributed by atoms with Crippen LogP contribution in [0.1, 0.15) is 44.2 Å². The van der Waals surface area contributed by atoms with Crippen molar-refractivity contribution in [1.82, 2.24) is 5.32 Å². The van der Waals surface area contributed by atoms with Gasteiger partial charge in [-0.2, -0.15) is 0 Å². The third kappa shape index (κ3) is 6.08. The van der Waals surface area contributed by atoms with Gasteiger partial charge in [0.25, 0.3) is 0 Å². The second kappa shape index (κ2) is 10.1. The van der Waals surface area contributed by atoms with E-state index in [1.165, 1.54) is 5.56 Å². The fraction of sp³-hybridized carbons (Fsp3) is 0.417.